The summed E-state index contributed by atoms with van der Waals surface area (Å²) in [5, 5.41) is 9.51. The molecule has 0 amide bonds. The summed E-state index contributed by atoms with van der Waals surface area (Å²) in [7, 11) is 0. The third kappa shape index (κ3) is 4.35. The molecule has 0 radical (unpaired) electrons. The molecule has 0 bridgehead atoms. The van der Waals surface area contributed by atoms with Crippen molar-refractivity contribution in [3.8, 4) is 0 Å². The second kappa shape index (κ2) is 9.39. The Morgan fingerprint density at radius 1 is 1.29 bits per heavy atom. The van der Waals surface area contributed by atoms with Gasteiger partial charge in [-0.05, 0) is 11.6 Å². The molecule has 2 aromatic rings. The third-order valence-electron chi connectivity index (χ3n) is 4.66. The summed E-state index contributed by atoms with van der Waals surface area (Å²) in [6.45, 7) is 12.4. The molecule has 6 heteroatoms. The van der Waals surface area contributed by atoms with Crippen molar-refractivity contribution in [2.45, 2.75) is 12.8 Å². The van der Waals surface area contributed by atoms with E-state index in [-0.39, 0.29) is 12.5 Å². The third-order valence-corrected chi connectivity index (χ3v) is 4.66. The molecule has 0 spiro atoms. The molecule has 1 aliphatic heterocycles. The quantitative estimate of drug-likeness (QED) is 0.746. The van der Waals surface area contributed by atoms with E-state index >= 15 is 0 Å². The zero-order valence-electron chi connectivity index (χ0n) is 16.2. The largest absolute Gasteiger partial charge is 0.396 e. The Bertz CT molecular complexity index is 914. The molecule has 1 unspecified atom stereocenters. The van der Waals surface area contributed by atoms with Crippen LogP contribution in [0.4, 0.5) is 5.82 Å². The highest BCUT2D eigenvalue weighted by molar-refractivity contribution is 5.88. The summed E-state index contributed by atoms with van der Waals surface area (Å²) in [6, 6.07) is 1.99. The SMILES string of the molecule is C=C/C=C\C(=C/C=C)c1nc(N2CCOCC2)c2ncc(C(C)CO)cc2n1. The number of hydrogen-bond donors (Lipinski definition) is 1. The lowest BCUT2D eigenvalue weighted by atomic mass is 10.0. The van der Waals surface area contributed by atoms with Gasteiger partial charge in [0.1, 0.15) is 5.52 Å². The molecule has 28 heavy (non-hydrogen) atoms. The lowest BCUT2D eigenvalue weighted by Crippen LogP contribution is -2.37. The van der Waals surface area contributed by atoms with E-state index in [1.54, 1.807) is 18.3 Å². The maximum Gasteiger partial charge on any atom is 0.162 e. The van der Waals surface area contributed by atoms with Crippen molar-refractivity contribution < 1.29 is 9.84 Å². The smallest absolute Gasteiger partial charge is 0.162 e. The maximum absolute atomic E-state index is 9.51. The second-order valence-corrected chi connectivity index (χ2v) is 6.64. The number of pyridine rings is 1. The first kappa shape index (κ1) is 19.9. The van der Waals surface area contributed by atoms with Crippen molar-refractivity contribution in [1.82, 2.24) is 15.0 Å². The van der Waals surface area contributed by atoms with Gasteiger partial charge in [0.15, 0.2) is 11.6 Å². The molecule has 1 atom stereocenters. The minimum atomic E-state index is -0.00833. The normalized spacial score (nSPS) is 16.5. The molecule has 0 aromatic carbocycles. The van der Waals surface area contributed by atoms with Crippen LogP contribution in [0.15, 0.2) is 55.8 Å². The summed E-state index contributed by atoms with van der Waals surface area (Å²) < 4.78 is 5.49. The Morgan fingerprint density at radius 2 is 2.07 bits per heavy atom. The number of morpholine rings is 1. The number of rotatable bonds is 7. The molecule has 1 N–H and O–H groups in total. The van der Waals surface area contributed by atoms with E-state index in [1.807, 2.05) is 31.2 Å². The molecule has 1 saturated heterocycles. The van der Waals surface area contributed by atoms with Gasteiger partial charge in [-0.25, -0.2) is 9.97 Å². The van der Waals surface area contributed by atoms with Crippen molar-refractivity contribution in [3.05, 3.63) is 67.2 Å². The van der Waals surface area contributed by atoms with Crippen LogP contribution >= 0.6 is 0 Å². The van der Waals surface area contributed by atoms with Gasteiger partial charge in [0.05, 0.1) is 18.7 Å². The number of aliphatic hydroxyl groups excluding tert-OH is 1. The Labute approximate surface area is 165 Å². The summed E-state index contributed by atoms with van der Waals surface area (Å²) >= 11 is 0. The van der Waals surface area contributed by atoms with Gasteiger partial charge in [-0.1, -0.05) is 50.5 Å². The molecular formula is C22H26N4O2. The van der Waals surface area contributed by atoms with Crippen LogP contribution in [-0.2, 0) is 4.74 Å². The van der Waals surface area contributed by atoms with Crippen LogP contribution in [0.3, 0.4) is 0 Å². The second-order valence-electron chi connectivity index (χ2n) is 6.64. The van der Waals surface area contributed by atoms with Gasteiger partial charge in [0, 0.05) is 37.4 Å². The Hall–Kier alpha value is -2.83. The molecule has 0 aliphatic carbocycles. The van der Waals surface area contributed by atoms with Crippen LogP contribution in [0, 0.1) is 0 Å². The first-order chi connectivity index (χ1) is 13.7. The minimum Gasteiger partial charge on any atom is -0.396 e. The number of aliphatic hydroxyl groups is 1. The van der Waals surface area contributed by atoms with E-state index in [0.717, 1.165) is 41.1 Å². The van der Waals surface area contributed by atoms with Crippen molar-refractivity contribution in [3.63, 3.8) is 0 Å². The first-order valence-corrected chi connectivity index (χ1v) is 9.41. The van der Waals surface area contributed by atoms with Gasteiger partial charge in [-0.3, -0.25) is 4.98 Å². The Balaban J connectivity index is 2.19. The van der Waals surface area contributed by atoms with Gasteiger partial charge in [-0.2, -0.15) is 0 Å². The summed E-state index contributed by atoms with van der Waals surface area (Å²) in [5.41, 5.74) is 3.30. The molecule has 1 aliphatic rings. The van der Waals surface area contributed by atoms with Crippen LogP contribution in [-0.4, -0.2) is 53.0 Å². The number of fused-ring (bicyclic) bond motifs is 1. The highest BCUT2D eigenvalue weighted by Gasteiger charge is 2.20. The highest BCUT2D eigenvalue weighted by Crippen LogP contribution is 2.28. The van der Waals surface area contributed by atoms with Crippen molar-refractivity contribution in [2.24, 2.45) is 0 Å². The zero-order chi connectivity index (χ0) is 19.9. The molecule has 6 nitrogen and oxygen atoms in total. The Morgan fingerprint density at radius 3 is 2.75 bits per heavy atom. The fourth-order valence-corrected chi connectivity index (χ4v) is 3.02. The molecule has 1 fully saturated rings. The van der Waals surface area contributed by atoms with Crippen LogP contribution in [0.2, 0.25) is 0 Å². The number of allylic oxidation sites excluding steroid dienone is 6. The van der Waals surface area contributed by atoms with E-state index in [9.17, 15) is 5.11 Å². The fraction of sp³-hybridized carbons (Fsp3) is 0.318. The number of aromatic nitrogens is 3. The lowest BCUT2D eigenvalue weighted by Gasteiger charge is -2.28. The first-order valence-electron chi connectivity index (χ1n) is 9.41. The van der Waals surface area contributed by atoms with Gasteiger partial charge < -0.3 is 14.7 Å². The lowest BCUT2D eigenvalue weighted by molar-refractivity contribution is 0.122. The number of anilines is 1. The Kier molecular flexibility index (Phi) is 6.68. The van der Waals surface area contributed by atoms with Crippen LogP contribution in [0.1, 0.15) is 24.2 Å². The average molecular weight is 378 g/mol. The topological polar surface area (TPSA) is 71.4 Å². The number of hydrogen-bond acceptors (Lipinski definition) is 6. The summed E-state index contributed by atoms with van der Waals surface area (Å²) in [5.74, 6) is 1.39. The van der Waals surface area contributed by atoms with Crippen LogP contribution in [0.5, 0.6) is 0 Å². The summed E-state index contributed by atoms with van der Waals surface area (Å²) in [4.78, 5) is 16.4. The summed E-state index contributed by atoms with van der Waals surface area (Å²) in [6.07, 6.45) is 10.9. The van der Waals surface area contributed by atoms with Gasteiger partial charge in [0.2, 0.25) is 0 Å². The standard InChI is InChI=1S/C22H26N4O2/c1-4-6-8-17(7-5-2)21-24-19-13-18(16(3)15-27)14-23-20(19)22(25-21)26-9-11-28-12-10-26/h4-8,13-14,16,27H,1-2,9-12,15H2,3H3/b8-6-,17-7+. The van der Waals surface area contributed by atoms with E-state index < -0.39 is 0 Å². The maximum atomic E-state index is 9.51. The van der Waals surface area contributed by atoms with Crippen LogP contribution < -0.4 is 4.90 Å². The van der Waals surface area contributed by atoms with E-state index in [1.165, 1.54) is 0 Å². The van der Waals surface area contributed by atoms with Crippen molar-refractivity contribution in [1.29, 1.82) is 0 Å². The van der Waals surface area contributed by atoms with Crippen LogP contribution in [0.25, 0.3) is 16.6 Å². The predicted molar refractivity (Wildman–Crippen MR) is 113 cm³/mol. The van der Waals surface area contributed by atoms with E-state index in [0.29, 0.717) is 19.0 Å². The number of nitrogens with zero attached hydrogens (tertiary/aromatic N) is 4. The van der Waals surface area contributed by atoms with Gasteiger partial charge in [-0.15, -0.1) is 0 Å². The van der Waals surface area contributed by atoms with Crippen molar-refractivity contribution >= 4 is 22.4 Å². The minimum absolute atomic E-state index is 0.00833. The fourth-order valence-electron chi connectivity index (χ4n) is 3.02. The highest BCUT2D eigenvalue weighted by atomic mass is 16.5. The average Bonchev–Trinajstić information content (AvgIpc) is 2.75. The predicted octanol–water partition coefficient (Wildman–Crippen LogP) is 3.27. The monoisotopic (exact) mass is 378 g/mol. The van der Waals surface area contributed by atoms with Gasteiger partial charge in [0.25, 0.3) is 0 Å². The van der Waals surface area contributed by atoms with E-state index in [2.05, 4.69) is 23.0 Å². The van der Waals surface area contributed by atoms with E-state index in [4.69, 9.17) is 14.7 Å². The molecule has 3 rings (SSSR count). The molecule has 0 saturated carbocycles. The molecular weight excluding hydrogens is 352 g/mol. The van der Waals surface area contributed by atoms with Crippen molar-refractivity contribution in [2.75, 3.05) is 37.8 Å². The van der Waals surface area contributed by atoms with Gasteiger partial charge >= 0.3 is 0 Å². The number of ether oxygens (including phenoxy) is 1. The molecule has 146 valence electrons. The molecule has 3 heterocycles. The zero-order valence-corrected chi connectivity index (χ0v) is 16.2. The molecule has 2 aromatic heterocycles.